The molecule has 5 nitrogen and oxygen atoms in total. The molecular formula is C18H26N2O3. The number of rotatable bonds is 4. The van der Waals surface area contributed by atoms with Crippen molar-refractivity contribution in [3.8, 4) is 5.75 Å². The van der Waals surface area contributed by atoms with Gasteiger partial charge >= 0.3 is 0 Å². The van der Waals surface area contributed by atoms with Crippen molar-refractivity contribution in [1.82, 2.24) is 5.32 Å². The number of nitrogens with one attached hydrogen (secondary N) is 2. The second kappa shape index (κ2) is 6.49. The number of amides is 1. The van der Waals surface area contributed by atoms with Crippen LogP contribution in [0.5, 0.6) is 5.75 Å². The van der Waals surface area contributed by atoms with Crippen LogP contribution in [0.3, 0.4) is 0 Å². The minimum Gasteiger partial charge on any atom is -0.482 e. The molecule has 1 aromatic carbocycles. The number of hydrogen-bond acceptors (Lipinski definition) is 4. The fraction of sp³-hybridized carbons (Fsp3) is 0.611. The Hall–Kier alpha value is -1.59. The van der Waals surface area contributed by atoms with Crippen LogP contribution in [0.2, 0.25) is 0 Å². The number of anilines is 1. The van der Waals surface area contributed by atoms with Crippen molar-refractivity contribution < 1.29 is 14.6 Å². The molecule has 1 aromatic rings. The molecule has 0 spiro atoms. The van der Waals surface area contributed by atoms with Crippen LogP contribution in [-0.2, 0) is 4.79 Å². The Morgan fingerprint density at radius 2 is 2.17 bits per heavy atom. The molecule has 1 unspecified atom stereocenters. The number of ether oxygens (including phenoxy) is 1. The Balaban J connectivity index is 1.61. The maximum atomic E-state index is 11.4. The van der Waals surface area contributed by atoms with Crippen molar-refractivity contribution in [1.29, 1.82) is 0 Å². The summed E-state index contributed by atoms with van der Waals surface area (Å²) in [6.45, 7) is 4.99. The molecule has 0 bridgehead atoms. The van der Waals surface area contributed by atoms with Gasteiger partial charge in [0.1, 0.15) is 5.75 Å². The molecule has 1 aliphatic heterocycles. The van der Waals surface area contributed by atoms with Crippen molar-refractivity contribution >= 4 is 11.6 Å². The lowest BCUT2D eigenvalue weighted by atomic mass is 9.79. The average Bonchev–Trinajstić information content (AvgIpc) is 2.55. The zero-order valence-electron chi connectivity index (χ0n) is 13.9. The van der Waals surface area contributed by atoms with E-state index in [1.807, 2.05) is 18.2 Å². The molecule has 3 N–H and O–H groups in total. The highest BCUT2D eigenvalue weighted by molar-refractivity contribution is 5.95. The fourth-order valence-corrected chi connectivity index (χ4v) is 3.31. The van der Waals surface area contributed by atoms with Gasteiger partial charge in [0, 0.05) is 12.6 Å². The standard InChI is InChI=1S/C18H26N2O3/c1-12-5-7-18(22,8-6-12)11-19-13(2)14-3-4-16-15(9-14)20-17(21)10-23-16/h3-4,9,12-13,19,22H,5-8,10-11H2,1-2H3,(H,20,21). The van der Waals surface area contributed by atoms with Crippen LogP contribution in [0.1, 0.15) is 51.1 Å². The normalized spacial score (nSPS) is 28.5. The van der Waals surface area contributed by atoms with E-state index in [9.17, 15) is 9.90 Å². The van der Waals surface area contributed by atoms with Crippen molar-refractivity contribution in [2.45, 2.75) is 51.2 Å². The van der Waals surface area contributed by atoms with Crippen molar-refractivity contribution in [3.05, 3.63) is 23.8 Å². The van der Waals surface area contributed by atoms with Crippen LogP contribution in [-0.4, -0.2) is 29.8 Å². The summed E-state index contributed by atoms with van der Waals surface area (Å²) in [5, 5.41) is 16.9. The lowest BCUT2D eigenvalue weighted by Gasteiger charge is -2.36. The molecule has 1 atom stereocenters. The van der Waals surface area contributed by atoms with E-state index < -0.39 is 5.60 Å². The first-order valence-electron chi connectivity index (χ1n) is 8.47. The van der Waals surface area contributed by atoms with Crippen LogP contribution >= 0.6 is 0 Å². The molecule has 0 saturated heterocycles. The number of aliphatic hydroxyl groups is 1. The summed E-state index contributed by atoms with van der Waals surface area (Å²) >= 11 is 0. The van der Waals surface area contributed by atoms with Gasteiger partial charge < -0.3 is 20.5 Å². The van der Waals surface area contributed by atoms with Crippen molar-refractivity contribution in [3.63, 3.8) is 0 Å². The highest BCUT2D eigenvalue weighted by atomic mass is 16.5. The van der Waals surface area contributed by atoms with Gasteiger partial charge in [-0.25, -0.2) is 0 Å². The molecule has 1 saturated carbocycles. The molecule has 0 radical (unpaired) electrons. The summed E-state index contributed by atoms with van der Waals surface area (Å²) in [4.78, 5) is 11.4. The van der Waals surface area contributed by atoms with E-state index in [4.69, 9.17) is 4.74 Å². The van der Waals surface area contributed by atoms with E-state index in [-0.39, 0.29) is 18.6 Å². The largest absolute Gasteiger partial charge is 0.482 e. The van der Waals surface area contributed by atoms with E-state index in [1.165, 1.54) is 0 Å². The van der Waals surface area contributed by atoms with Crippen LogP contribution in [0.25, 0.3) is 0 Å². The fourth-order valence-electron chi connectivity index (χ4n) is 3.31. The van der Waals surface area contributed by atoms with Crippen molar-refractivity contribution in [2.75, 3.05) is 18.5 Å². The molecule has 3 rings (SSSR count). The third-order valence-electron chi connectivity index (χ3n) is 5.08. The zero-order chi connectivity index (χ0) is 16.4. The highest BCUT2D eigenvalue weighted by Gasteiger charge is 2.31. The maximum Gasteiger partial charge on any atom is 0.262 e. The van der Waals surface area contributed by atoms with Gasteiger partial charge in [-0.1, -0.05) is 13.0 Å². The minimum atomic E-state index is -0.591. The van der Waals surface area contributed by atoms with Crippen molar-refractivity contribution in [2.24, 2.45) is 5.92 Å². The number of carbonyl (C=O) groups excluding carboxylic acids is 1. The Kier molecular flexibility index (Phi) is 4.60. The molecule has 0 aromatic heterocycles. The molecule has 5 heteroatoms. The van der Waals surface area contributed by atoms with Gasteiger partial charge in [0.15, 0.2) is 6.61 Å². The van der Waals surface area contributed by atoms with E-state index in [2.05, 4.69) is 24.5 Å². The molecule has 126 valence electrons. The lowest BCUT2D eigenvalue weighted by molar-refractivity contribution is -0.118. The third-order valence-corrected chi connectivity index (χ3v) is 5.08. The second-order valence-electron chi connectivity index (χ2n) is 7.10. The average molecular weight is 318 g/mol. The van der Waals surface area contributed by atoms with Crippen LogP contribution in [0, 0.1) is 5.92 Å². The smallest absolute Gasteiger partial charge is 0.262 e. The molecule has 2 aliphatic rings. The topological polar surface area (TPSA) is 70.6 Å². The molecular weight excluding hydrogens is 292 g/mol. The zero-order valence-corrected chi connectivity index (χ0v) is 13.9. The van der Waals surface area contributed by atoms with E-state index in [0.717, 1.165) is 42.9 Å². The molecule has 1 amide bonds. The molecule has 1 fully saturated rings. The SMILES string of the molecule is CC1CCC(O)(CNC(C)c2ccc3c(c2)NC(=O)CO3)CC1. The molecule has 1 heterocycles. The first-order valence-corrected chi connectivity index (χ1v) is 8.47. The number of benzene rings is 1. The van der Waals surface area contributed by atoms with E-state index >= 15 is 0 Å². The predicted molar refractivity (Wildman–Crippen MR) is 89.6 cm³/mol. The van der Waals surface area contributed by atoms with Gasteiger partial charge in [-0.2, -0.15) is 0 Å². The van der Waals surface area contributed by atoms with Crippen LogP contribution < -0.4 is 15.4 Å². The summed E-state index contributed by atoms with van der Waals surface area (Å²) in [7, 11) is 0. The highest BCUT2D eigenvalue weighted by Crippen LogP contribution is 2.33. The van der Waals surface area contributed by atoms with Gasteiger partial charge in [-0.15, -0.1) is 0 Å². The summed E-state index contributed by atoms with van der Waals surface area (Å²) in [6, 6.07) is 5.93. The Bertz CT molecular complexity index is 580. The monoisotopic (exact) mass is 318 g/mol. The Labute approximate surface area is 137 Å². The number of carbonyl (C=O) groups is 1. The number of fused-ring (bicyclic) bond motifs is 1. The summed E-state index contributed by atoms with van der Waals surface area (Å²) in [5.74, 6) is 1.30. The van der Waals surface area contributed by atoms with Gasteiger partial charge in [-0.05, 0) is 56.2 Å². The quantitative estimate of drug-likeness (QED) is 0.798. The van der Waals surface area contributed by atoms with Gasteiger partial charge in [-0.3, -0.25) is 4.79 Å². The van der Waals surface area contributed by atoms with Crippen LogP contribution in [0.4, 0.5) is 5.69 Å². The Morgan fingerprint density at radius 1 is 1.43 bits per heavy atom. The molecule has 1 aliphatic carbocycles. The van der Waals surface area contributed by atoms with E-state index in [1.54, 1.807) is 0 Å². The minimum absolute atomic E-state index is 0.0750. The van der Waals surface area contributed by atoms with Crippen LogP contribution in [0.15, 0.2) is 18.2 Å². The maximum absolute atomic E-state index is 11.4. The number of hydrogen-bond donors (Lipinski definition) is 3. The summed E-state index contributed by atoms with van der Waals surface area (Å²) in [5.41, 5.74) is 1.20. The van der Waals surface area contributed by atoms with Gasteiger partial charge in [0.2, 0.25) is 0 Å². The summed E-state index contributed by atoms with van der Waals surface area (Å²) < 4.78 is 5.38. The van der Waals surface area contributed by atoms with E-state index in [0.29, 0.717) is 12.3 Å². The van der Waals surface area contributed by atoms with Gasteiger partial charge in [0.25, 0.3) is 5.91 Å². The second-order valence-corrected chi connectivity index (χ2v) is 7.10. The Morgan fingerprint density at radius 3 is 2.91 bits per heavy atom. The molecule has 23 heavy (non-hydrogen) atoms. The lowest BCUT2D eigenvalue weighted by Crippen LogP contribution is -2.44. The summed E-state index contributed by atoms with van der Waals surface area (Å²) in [6.07, 6.45) is 3.91. The van der Waals surface area contributed by atoms with Gasteiger partial charge in [0.05, 0.1) is 11.3 Å². The first-order chi connectivity index (χ1) is 11.0. The third kappa shape index (κ3) is 3.85. The predicted octanol–water partition coefficient (Wildman–Crippen LogP) is 2.61. The first kappa shape index (κ1) is 16.3.